The number of alkyl halides is 5. The molecular formula is C8H6F5IN2. The van der Waals surface area contributed by atoms with E-state index in [-0.39, 0.29) is 3.70 Å². The van der Waals surface area contributed by atoms with E-state index in [0.29, 0.717) is 6.07 Å². The molecule has 1 rings (SSSR count). The number of nitrogens with zero attached hydrogens (tertiary/aromatic N) is 1. The van der Waals surface area contributed by atoms with E-state index in [2.05, 4.69) is 4.98 Å². The average molecular weight is 352 g/mol. The van der Waals surface area contributed by atoms with Gasteiger partial charge in [0.1, 0.15) is 9.39 Å². The Morgan fingerprint density at radius 3 is 2.31 bits per heavy atom. The topological polar surface area (TPSA) is 38.9 Å². The van der Waals surface area contributed by atoms with E-state index in [4.69, 9.17) is 5.73 Å². The molecule has 0 bridgehead atoms. The maximum Gasteiger partial charge on any atom is 0.416 e. The van der Waals surface area contributed by atoms with E-state index >= 15 is 0 Å². The third kappa shape index (κ3) is 2.78. The van der Waals surface area contributed by atoms with Gasteiger partial charge in [-0.05, 0) is 28.7 Å². The molecule has 0 saturated heterocycles. The summed E-state index contributed by atoms with van der Waals surface area (Å²) in [6.07, 6.45) is -7.78. The number of pyridine rings is 1. The minimum Gasteiger partial charge on any atom is -0.326 e. The standard InChI is InChI=1S/C8H6F5IN2/c9-7(10)6-3(2-15)4(8(11,12)13)1-5(14)16-6/h1,7H,2,15H2. The highest BCUT2D eigenvalue weighted by molar-refractivity contribution is 14.1. The molecule has 90 valence electrons. The van der Waals surface area contributed by atoms with Gasteiger partial charge in [0, 0.05) is 12.1 Å². The van der Waals surface area contributed by atoms with Gasteiger partial charge in [-0.3, -0.25) is 0 Å². The molecule has 0 amide bonds. The lowest BCUT2D eigenvalue weighted by Crippen LogP contribution is -2.16. The van der Waals surface area contributed by atoms with Crippen LogP contribution in [0, 0.1) is 3.70 Å². The second-order valence-corrected chi connectivity index (χ2v) is 3.96. The molecule has 1 heterocycles. The first kappa shape index (κ1) is 13.6. The monoisotopic (exact) mass is 352 g/mol. The van der Waals surface area contributed by atoms with Crippen molar-refractivity contribution in [2.45, 2.75) is 19.1 Å². The summed E-state index contributed by atoms with van der Waals surface area (Å²) in [6, 6.07) is 0.703. The van der Waals surface area contributed by atoms with Crippen molar-refractivity contribution in [3.63, 3.8) is 0 Å². The summed E-state index contributed by atoms with van der Waals surface area (Å²) in [7, 11) is 0. The van der Waals surface area contributed by atoms with Gasteiger partial charge < -0.3 is 5.73 Å². The normalized spacial score (nSPS) is 12.2. The SMILES string of the molecule is NCc1c(C(F)(F)F)cc(I)nc1C(F)F. The van der Waals surface area contributed by atoms with Crippen LogP contribution in [0.1, 0.15) is 23.2 Å². The van der Waals surface area contributed by atoms with Crippen molar-refractivity contribution in [1.82, 2.24) is 4.98 Å². The molecule has 16 heavy (non-hydrogen) atoms. The van der Waals surface area contributed by atoms with Crippen LogP contribution in [0.15, 0.2) is 6.07 Å². The van der Waals surface area contributed by atoms with E-state index in [1.54, 1.807) is 0 Å². The van der Waals surface area contributed by atoms with Gasteiger partial charge >= 0.3 is 6.18 Å². The summed E-state index contributed by atoms with van der Waals surface area (Å²) in [5.74, 6) is 0. The first-order valence-corrected chi connectivity index (χ1v) is 5.10. The Balaban J connectivity index is 3.49. The summed E-state index contributed by atoms with van der Waals surface area (Å²) in [5, 5.41) is 0. The van der Waals surface area contributed by atoms with Crippen molar-refractivity contribution in [3.8, 4) is 0 Å². The Kier molecular flexibility index (Phi) is 4.05. The summed E-state index contributed by atoms with van der Waals surface area (Å²) < 4.78 is 62.4. The van der Waals surface area contributed by atoms with Crippen molar-refractivity contribution in [3.05, 3.63) is 26.6 Å². The maximum absolute atomic E-state index is 12.5. The summed E-state index contributed by atoms with van der Waals surface area (Å²) in [6.45, 7) is -0.627. The fourth-order valence-electron chi connectivity index (χ4n) is 1.21. The molecule has 0 aliphatic carbocycles. The Morgan fingerprint density at radius 1 is 1.38 bits per heavy atom. The quantitative estimate of drug-likeness (QED) is 0.505. The van der Waals surface area contributed by atoms with Gasteiger partial charge in [-0.15, -0.1) is 0 Å². The zero-order valence-corrected chi connectivity index (χ0v) is 9.81. The Bertz CT molecular complexity index is 391. The zero-order valence-electron chi connectivity index (χ0n) is 7.65. The van der Waals surface area contributed by atoms with Gasteiger partial charge in [-0.2, -0.15) is 13.2 Å². The lowest BCUT2D eigenvalue weighted by atomic mass is 10.1. The number of hydrogen-bond acceptors (Lipinski definition) is 2. The van der Waals surface area contributed by atoms with Crippen LogP contribution in [-0.2, 0) is 12.7 Å². The van der Waals surface area contributed by atoms with E-state index in [9.17, 15) is 22.0 Å². The molecule has 2 nitrogen and oxygen atoms in total. The number of rotatable bonds is 2. The van der Waals surface area contributed by atoms with Crippen LogP contribution in [0.25, 0.3) is 0 Å². The molecule has 0 aromatic carbocycles. The maximum atomic E-state index is 12.5. The van der Waals surface area contributed by atoms with E-state index in [0.717, 1.165) is 0 Å². The fourth-order valence-corrected chi connectivity index (χ4v) is 1.78. The predicted molar refractivity (Wildman–Crippen MR) is 54.8 cm³/mol. The van der Waals surface area contributed by atoms with E-state index < -0.39 is 36.0 Å². The average Bonchev–Trinajstić information content (AvgIpc) is 2.14. The predicted octanol–water partition coefficient (Wildman–Crippen LogP) is 3.10. The Morgan fingerprint density at radius 2 is 1.94 bits per heavy atom. The molecule has 1 aromatic heterocycles. The molecule has 0 fully saturated rings. The molecule has 0 aliphatic rings. The van der Waals surface area contributed by atoms with Crippen molar-refractivity contribution in [2.24, 2.45) is 5.73 Å². The molecule has 0 radical (unpaired) electrons. The largest absolute Gasteiger partial charge is 0.416 e. The minimum absolute atomic E-state index is 0.141. The van der Waals surface area contributed by atoms with E-state index in [1.807, 2.05) is 0 Å². The highest BCUT2D eigenvalue weighted by Gasteiger charge is 2.36. The van der Waals surface area contributed by atoms with Gasteiger partial charge in [0.25, 0.3) is 6.43 Å². The van der Waals surface area contributed by atoms with Crippen LogP contribution in [0.3, 0.4) is 0 Å². The zero-order chi connectivity index (χ0) is 12.5. The van der Waals surface area contributed by atoms with Gasteiger partial charge in [0.15, 0.2) is 0 Å². The lowest BCUT2D eigenvalue weighted by molar-refractivity contribution is -0.138. The van der Waals surface area contributed by atoms with Crippen molar-refractivity contribution in [2.75, 3.05) is 0 Å². The highest BCUT2D eigenvalue weighted by Crippen LogP contribution is 2.35. The third-order valence-electron chi connectivity index (χ3n) is 1.84. The van der Waals surface area contributed by atoms with Crippen LogP contribution in [-0.4, -0.2) is 4.98 Å². The van der Waals surface area contributed by atoms with Crippen LogP contribution in [0.4, 0.5) is 22.0 Å². The fraction of sp³-hybridized carbons (Fsp3) is 0.375. The lowest BCUT2D eigenvalue weighted by Gasteiger charge is -2.15. The molecule has 0 saturated carbocycles. The highest BCUT2D eigenvalue weighted by atomic mass is 127. The van der Waals surface area contributed by atoms with Crippen LogP contribution >= 0.6 is 22.6 Å². The van der Waals surface area contributed by atoms with Gasteiger partial charge in [-0.25, -0.2) is 13.8 Å². The van der Waals surface area contributed by atoms with Crippen molar-refractivity contribution < 1.29 is 22.0 Å². The number of hydrogen-bond donors (Lipinski definition) is 1. The Labute approximate surface area is 101 Å². The third-order valence-corrected chi connectivity index (χ3v) is 2.39. The molecular weight excluding hydrogens is 346 g/mol. The van der Waals surface area contributed by atoms with Crippen LogP contribution < -0.4 is 5.73 Å². The molecule has 0 spiro atoms. The van der Waals surface area contributed by atoms with Gasteiger partial charge in [0.2, 0.25) is 0 Å². The summed E-state index contributed by atoms with van der Waals surface area (Å²) in [4.78, 5) is 3.37. The second-order valence-electron chi connectivity index (χ2n) is 2.86. The second kappa shape index (κ2) is 4.78. The number of aromatic nitrogens is 1. The molecule has 0 unspecified atom stereocenters. The summed E-state index contributed by atoms with van der Waals surface area (Å²) in [5.41, 5.74) is 2.36. The molecule has 8 heteroatoms. The minimum atomic E-state index is -4.71. The Hall–Kier alpha value is -0.510. The van der Waals surface area contributed by atoms with Gasteiger partial charge in [0.05, 0.1) is 5.56 Å². The number of halogens is 6. The van der Waals surface area contributed by atoms with Gasteiger partial charge in [-0.1, -0.05) is 0 Å². The molecule has 0 aliphatic heterocycles. The first-order chi connectivity index (χ1) is 7.27. The van der Waals surface area contributed by atoms with Crippen LogP contribution in [0.2, 0.25) is 0 Å². The summed E-state index contributed by atoms with van der Waals surface area (Å²) >= 11 is 1.45. The molecule has 2 N–H and O–H groups in total. The van der Waals surface area contributed by atoms with E-state index in [1.165, 1.54) is 22.6 Å². The number of nitrogens with two attached hydrogens (primary N) is 1. The van der Waals surface area contributed by atoms with Crippen LogP contribution in [0.5, 0.6) is 0 Å². The molecule has 0 atom stereocenters. The van der Waals surface area contributed by atoms with Crippen molar-refractivity contribution in [1.29, 1.82) is 0 Å². The van der Waals surface area contributed by atoms with Crippen molar-refractivity contribution >= 4 is 22.6 Å². The smallest absolute Gasteiger partial charge is 0.326 e. The first-order valence-electron chi connectivity index (χ1n) is 4.02. The molecule has 1 aromatic rings.